The summed E-state index contributed by atoms with van der Waals surface area (Å²) in [5, 5.41) is 21.6. The van der Waals surface area contributed by atoms with Crippen molar-refractivity contribution in [2.24, 2.45) is 5.73 Å². The molecule has 5 N–H and O–H groups in total. The third kappa shape index (κ3) is 3.97. The van der Waals surface area contributed by atoms with Crippen molar-refractivity contribution in [3.63, 3.8) is 0 Å². The van der Waals surface area contributed by atoms with Crippen molar-refractivity contribution in [2.45, 2.75) is 12.8 Å². The number of nitrogens with two attached hydrogens (primary N) is 1. The first-order valence-electron chi connectivity index (χ1n) is 6.72. The number of carbonyl (C=O) groups excluding carboxylic acids is 1. The van der Waals surface area contributed by atoms with Crippen LogP contribution in [0, 0.1) is 0 Å². The van der Waals surface area contributed by atoms with E-state index in [1.165, 1.54) is 12.1 Å². The number of phenolic OH excluding ortho intramolecular Hbond substituents is 2. The third-order valence-electron chi connectivity index (χ3n) is 3.08. The van der Waals surface area contributed by atoms with E-state index in [2.05, 4.69) is 5.32 Å². The summed E-state index contributed by atoms with van der Waals surface area (Å²) in [7, 11) is 0. The lowest BCUT2D eigenvalue weighted by molar-refractivity contribution is 0.102. The average Bonchev–Trinajstić information content (AvgIpc) is 2.45. The van der Waals surface area contributed by atoms with E-state index >= 15 is 0 Å². The smallest absolute Gasteiger partial charge is 0.259 e. The molecule has 0 heterocycles. The number of aryl methyl sites for hydroxylation is 1. The van der Waals surface area contributed by atoms with Gasteiger partial charge in [-0.15, -0.1) is 0 Å². The number of rotatable bonds is 5. The predicted molar refractivity (Wildman–Crippen MR) is 81.5 cm³/mol. The van der Waals surface area contributed by atoms with Gasteiger partial charge in [-0.3, -0.25) is 4.79 Å². The summed E-state index contributed by atoms with van der Waals surface area (Å²) >= 11 is 0. The first-order valence-corrected chi connectivity index (χ1v) is 6.72. The van der Waals surface area contributed by atoms with Crippen molar-refractivity contribution in [3.8, 4) is 11.5 Å². The van der Waals surface area contributed by atoms with Crippen LogP contribution in [0.4, 0.5) is 5.69 Å². The Bertz CT molecular complexity index is 641. The standard InChI is InChI=1S/C16H18N2O3/c17-8-2-4-11-3-1-5-12(9-11)18-16(21)14-7-6-13(19)10-15(14)20/h1,3,5-7,9-10,19-20H,2,4,8,17H2,(H,18,21). The minimum atomic E-state index is -0.427. The van der Waals surface area contributed by atoms with E-state index in [0.717, 1.165) is 24.5 Å². The summed E-state index contributed by atoms with van der Waals surface area (Å²) in [5.41, 5.74) is 7.34. The van der Waals surface area contributed by atoms with Crippen LogP contribution in [0.2, 0.25) is 0 Å². The Kier molecular flexibility index (Phi) is 4.79. The van der Waals surface area contributed by atoms with Gasteiger partial charge in [-0.25, -0.2) is 0 Å². The van der Waals surface area contributed by atoms with Gasteiger partial charge in [-0.1, -0.05) is 12.1 Å². The third-order valence-corrected chi connectivity index (χ3v) is 3.08. The van der Waals surface area contributed by atoms with E-state index in [4.69, 9.17) is 5.73 Å². The molecule has 5 heteroatoms. The number of carbonyl (C=O) groups is 1. The molecule has 0 bridgehead atoms. The topological polar surface area (TPSA) is 95.6 Å². The zero-order valence-electron chi connectivity index (χ0n) is 11.5. The van der Waals surface area contributed by atoms with Crippen molar-refractivity contribution in [1.82, 2.24) is 0 Å². The van der Waals surface area contributed by atoms with Gasteiger partial charge >= 0.3 is 0 Å². The summed E-state index contributed by atoms with van der Waals surface area (Å²) in [4.78, 5) is 12.1. The Morgan fingerprint density at radius 1 is 1.14 bits per heavy atom. The minimum absolute atomic E-state index is 0.0900. The molecule has 2 rings (SSSR count). The fourth-order valence-electron chi connectivity index (χ4n) is 2.02. The number of amides is 1. The van der Waals surface area contributed by atoms with Crippen molar-refractivity contribution >= 4 is 11.6 Å². The van der Waals surface area contributed by atoms with E-state index in [1.807, 2.05) is 18.2 Å². The molecule has 2 aromatic rings. The highest BCUT2D eigenvalue weighted by Crippen LogP contribution is 2.23. The van der Waals surface area contributed by atoms with E-state index in [0.29, 0.717) is 12.2 Å². The van der Waals surface area contributed by atoms with E-state index in [1.54, 1.807) is 6.07 Å². The van der Waals surface area contributed by atoms with E-state index in [-0.39, 0.29) is 17.1 Å². The molecule has 0 spiro atoms. The minimum Gasteiger partial charge on any atom is -0.508 e. The van der Waals surface area contributed by atoms with Crippen LogP contribution in [-0.4, -0.2) is 22.7 Å². The predicted octanol–water partition coefficient (Wildman–Crippen LogP) is 2.24. The van der Waals surface area contributed by atoms with Crippen molar-refractivity contribution in [1.29, 1.82) is 0 Å². The van der Waals surface area contributed by atoms with Crippen LogP contribution in [0.5, 0.6) is 11.5 Å². The van der Waals surface area contributed by atoms with Gasteiger partial charge in [0.05, 0.1) is 5.56 Å². The molecule has 0 aliphatic carbocycles. The van der Waals surface area contributed by atoms with Gasteiger partial charge < -0.3 is 21.3 Å². The number of hydrogen-bond acceptors (Lipinski definition) is 4. The zero-order valence-corrected chi connectivity index (χ0v) is 11.5. The fraction of sp³-hybridized carbons (Fsp3) is 0.188. The van der Waals surface area contributed by atoms with Crippen LogP contribution < -0.4 is 11.1 Å². The molecule has 21 heavy (non-hydrogen) atoms. The SMILES string of the molecule is NCCCc1cccc(NC(=O)c2ccc(O)cc2O)c1. The van der Waals surface area contributed by atoms with Crippen LogP contribution in [0.3, 0.4) is 0 Å². The van der Waals surface area contributed by atoms with Gasteiger partial charge in [0, 0.05) is 11.8 Å². The number of anilines is 1. The van der Waals surface area contributed by atoms with Gasteiger partial charge in [0.2, 0.25) is 0 Å². The normalized spacial score (nSPS) is 10.3. The molecule has 0 aliphatic heterocycles. The lowest BCUT2D eigenvalue weighted by Gasteiger charge is -2.08. The molecule has 0 atom stereocenters. The summed E-state index contributed by atoms with van der Waals surface area (Å²) < 4.78 is 0. The second-order valence-corrected chi connectivity index (χ2v) is 4.75. The second kappa shape index (κ2) is 6.76. The maximum atomic E-state index is 12.1. The molecule has 0 unspecified atom stereocenters. The zero-order chi connectivity index (χ0) is 15.2. The Labute approximate surface area is 123 Å². The van der Waals surface area contributed by atoms with Gasteiger partial charge in [0.1, 0.15) is 11.5 Å². The molecule has 0 aliphatic rings. The monoisotopic (exact) mass is 286 g/mol. The second-order valence-electron chi connectivity index (χ2n) is 4.75. The molecular formula is C16H18N2O3. The Morgan fingerprint density at radius 2 is 1.95 bits per heavy atom. The largest absolute Gasteiger partial charge is 0.508 e. The summed E-state index contributed by atoms with van der Waals surface area (Å²) in [6.45, 7) is 0.623. The van der Waals surface area contributed by atoms with Crippen LogP contribution in [-0.2, 0) is 6.42 Å². The number of nitrogens with one attached hydrogen (secondary N) is 1. The number of aromatic hydroxyl groups is 2. The highest BCUT2D eigenvalue weighted by Gasteiger charge is 2.12. The number of benzene rings is 2. The molecular weight excluding hydrogens is 268 g/mol. The quantitative estimate of drug-likeness (QED) is 0.678. The first kappa shape index (κ1) is 14.9. The average molecular weight is 286 g/mol. The van der Waals surface area contributed by atoms with Crippen LogP contribution in [0.25, 0.3) is 0 Å². The Morgan fingerprint density at radius 3 is 2.67 bits per heavy atom. The Balaban J connectivity index is 2.12. The number of phenols is 2. The molecule has 110 valence electrons. The van der Waals surface area contributed by atoms with Gasteiger partial charge in [0.25, 0.3) is 5.91 Å². The van der Waals surface area contributed by atoms with Crippen LogP contribution >= 0.6 is 0 Å². The highest BCUT2D eigenvalue weighted by molar-refractivity contribution is 6.06. The molecule has 5 nitrogen and oxygen atoms in total. The molecule has 2 aromatic carbocycles. The van der Waals surface area contributed by atoms with Crippen molar-refractivity contribution in [3.05, 3.63) is 53.6 Å². The lowest BCUT2D eigenvalue weighted by Crippen LogP contribution is -2.12. The first-order chi connectivity index (χ1) is 10.1. The lowest BCUT2D eigenvalue weighted by atomic mass is 10.1. The molecule has 0 saturated carbocycles. The molecule has 1 amide bonds. The van der Waals surface area contributed by atoms with E-state index in [9.17, 15) is 15.0 Å². The summed E-state index contributed by atoms with van der Waals surface area (Å²) in [6.07, 6.45) is 1.74. The summed E-state index contributed by atoms with van der Waals surface area (Å²) in [6, 6.07) is 11.4. The maximum absolute atomic E-state index is 12.1. The van der Waals surface area contributed by atoms with Crippen LogP contribution in [0.1, 0.15) is 22.3 Å². The molecule has 0 saturated heterocycles. The molecule has 0 aromatic heterocycles. The summed E-state index contributed by atoms with van der Waals surface area (Å²) in [5.74, 6) is -0.775. The van der Waals surface area contributed by atoms with Crippen molar-refractivity contribution < 1.29 is 15.0 Å². The van der Waals surface area contributed by atoms with Gasteiger partial charge in [-0.05, 0) is 49.2 Å². The van der Waals surface area contributed by atoms with Gasteiger partial charge in [-0.2, -0.15) is 0 Å². The number of hydrogen-bond donors (Lipinski definition) is 4. The fourth-order valence-corrected chi connectivity index (χ4v) is 2.02. The van der Waals surface area contributed by atoms with E-state index < -0.39 is 5.91 Å². The molecule has 0 fully saturated rings. The molecule has 0 radical (unpaired) electrons. The van der Waals surface area contributed by atoms with Gasteiger partial charge in [0.15, 0.2) is 0 Å². The van der Waals surface area contributed by atoms with Crippen molar-refractivity contribution in [2.75, 3.05) is 11.9 Å². The Hall–Kier alpha value is -2.53. The maximum Gasteiger partial charge on any atom is 0.259 e. The van der Waals surface area contributed by atoms with Crippen LogP contribution in [0.15, 0.2) is 42.5 Å². The highest BCUT2D eigenvalue weighted by atomic mass is 16.3.